The molecule has 0 aliphatic carbocycles. The van der Waals surface area contributed by atoms with Gasteiger partial charge in [0.25, 0.3) is 0 Å². The molecule has 0 aromatic heterocycles. The number of hydrogen-bond donors (Lipinski definition) is 0. The van der Waals surface area contributed by atoms with Crippen molar-refractivity contribution in [1.82, 2.24) is 0 Å². The average Bonchev–Trinajstić information content (AvgIpc) is 0.722. The predicted molar refractivity (Wildman–Crippen MR) is 16.2 cm³/mol. The topological polar surface area (TPSA) is 80.3 Å². The molecule has 0 unspecified atom stereocenters. The van der Waals surface area contributed by atoms with Crippen LogP contribution in [0.15, 0.2) is 0 Å². The normalized spacial score (nSPS) is 7.25. The summed E-state index contributed by atoms with van der Waals surface area (Å²) in [5.74, 6) is 0. The van der Waals surface area contributed by atoms with Crippen LogP contribution in [0.4, 0.5) is 0 Å². The Morgan fingerprint density at radius 3 is 1.12 bits per heavy atom. The van der Waals surface area contributed by atoms with Crippen molar-refractivity contribution in [2.45, 2.75) is 0 Å². The second-order valence-electron chi connectivity index (χ2n) is 0.408. The van der Waals surface area contributed by atoms with Crippen LogP contribution in [0.3, 0.4) is 0 Å². The van der Waals surface area contributed by atoms with Crippen LogP contribution in [0.25, 0.3) is 0 Å². The first-order valence-electron chi connectivity index (χ1n) is 0.667. The molecule has 0 aromatic rings. The molecule has 0 N–H and O–H groups in total. The van der Waals surface area contributed by atoms with Crippen molar-refractivity contribution < 1.29 is 81.3 Å². The van der Waals surface area contributed by atoms with Crippen LogP contribution in [0.1, 0.15) is 0 Å². The van der Waals surface area contributed by atoms with Gasteiger partial charge in [0.05, 0.1) is 0 Å². The Balaban J connectivity index is -0.0000000267. The molecule has 8 heteroatoms. The summed E-state index contributed by atoms with van der Waals surface area (Å²) >= 11 is 0. The SMILES string of the molecule is O=S(=O)([O-])[O-].[Cl-].[K+].[Mg+2]. The zero-order chi connectivity index (χ0) is 4.50. The molecule has 0 amide bonds. The Morgan fingerprint density at radius 1 is 1.12 bits per heavy atom. The molecule has 8 heavy (non-hydrogen) atoms. The fourth-order valence-corrected chi connectivity index (χ4v) is 0. The molecule has 40 valence electrons. The summed E-state index contributed by atoms with van der Waals surface area (Å²) in [5, 5.41) is 0. The van der Waals surface area contributed by atoms with Gasteiger partial charge in [0.15, 0.2) is 0 Å². The van der Waals surface area contributed by atoms with Crippen LogP contribution in [0, 0.1) is 0 Å². The van der Waals surface area contributed by atoms with E-state index in [-0.39, 0.29) is 86.8 Å². The fraction of sp³-hybridized carbons (Fsp3) is 0. The minimum Gasteiger partial charge on any atom is -1.00 e. The third kappa shape index (κ3) is 74.6. The van der Waals surface area contributed by atoms with Crippen molar-refractivity contribution in [1.29, 1.82) is 0 Å². The summed E-state index contributed by atoms with van der Waals surface area (Å²) in [5.41, 5.74) is 0. The van der Waals surface area contributed by atoms with Crippen LogP contribution in [-0.2, 0) is 10.4 Å². The maximum absolute atomic E-state index is 8.52. The molecule has 0 heterocycles. The van der Waals surface area contributed by atoms with E-state index in [0.29, 0.717) is 0 Å². The van der Waals surface area contributed by atoms with Gasteiger partial charge in [-0.05, 0) is 0 Å². The first kappa shape index (κ1) is 22.4. The fourth-order valence-electron chi connectivity index (χ4n) is 0. The van der Waals surface area contributed by atoms with Crippen molar-refractivity contribution in [3.63, 3.8) is 0 Å². The summed E-state index contributed by atoms with van der Waals surface area (Å²) in [6, 6.07) is 0. The molecule has 0 aliphatic heterocycles. The summed E-state index contributed by atoms with van der Waals surface area (Å²) in [7, 11) is -5.17. The zero-order valence-corrected chi connectivity index (χ0v) is 10.2. The second kappa shape index (κ2) is 9.56. The van der Waals surface area contributed by atoms with E-state index in [1.165, 1.54) is 0 Å². The van der Waals surface area contributed by atoms with Gasteiger partial charge in [-0.2, -0.15) is 0 Å². The second-order valence-corrected chi connectivity index (χ2v) is 1.22. The third-order valence-corrected chi connectivity index (χ3v) is 0. The van der Waals surface area contributed by atoms with Gasteiger partial charge < -0.3 is 21.5 Å². The molecule has 0 bridgehead atoms. The zero-order valence-electron chi connectivity index (χ0n) is 4.13. The summed E-state index contributed by atoms with van der Waals surface area (Å²) < 4.78 is 34.1. The number of halogens is 1. The van der Waals surface area contributed by atoms with Gasteiger partial charge in [-0.1, -0.05) is 0 Å². The molecule has 0 atom stereocenters. The van der Waals surface area contributed by atoms with Gasteiger partial charge >= 0.3 is 74.4 Å². The molecular formula is ClKMgO4S. The van der Waals surface area contributed by atoms with E-state index in [4.69, 9.17) is 17.5 Å². The van der Waals surface area contributed by atoms with Crippen molar-refractivity contribution >= 4 is 33.5 Å². The smallest absolute Gasteiger partial charge is 1.00 e. The van der Waals surface area contributed by atoms with Gasteiger partial charge in [-0.25, -0.2) is 0 Å². The van der Waals surface area contributed by atoms with Gasteiger partial charge in [0, 0.05) is 10.4 Å². The maximum atomic E-state index is 8.52. The van der Waals surface area contributed by atoms with E-state index < -0.39 is 10.4 Å². The van der Waals surface area contributed by atoms with Crippen molar-refractivity contribution in [3.8, 4) is 0 Å². The standard InChI is InChI=1S/ClH.K.Mg.H2O4S/c;;;1-5(2,3)4/h1H;;;(H2,1,2,3,4)/q;+1;+2;/p-3. The van der Waals surface area contributed by atoms with Crippen LogP contribution in [-0.4, -0.2) is 40.6 Å². The Morgan fingerprint density at radius 2 is 1.12 bits per heavy atom. The van der Waals surface area contributed by atoms with Gasteiger partial charge in [0.2, 0.25) is 0 Å². The van der Waals surface area contributed by atoms with Crippen LogP contribution in [0.5, 0.6) is 0 Å². The van der Waals surface area contributed by atoms with Crippen LogP contribution in [0.2, 0.25) is 0 Å². The average molecular weight is 195 g/mol. The molecule has 0 fully saturated rings. The van der Waals surface area contributed by atoms with Gasteiger partial charge in [0.1, 0.15) is 0 Å². The molecule has 0 radical (unpaired) electrons. The monoisotopic (exact) mass is 194 g/mol. The van der Waals surface area contributed by atoms with Crippen molar-refractivity contribution in [2.24, 2.45) is 0 Å². The largest absolute Gasteiger partial charge is 2.00 e. The summed E-state index contributed by atoms with van der Waals surface area (Å²) in [4.78, 5) is 0. The van der Waals surface area contributed by atoms with Crippen molar-refractivity contribution in [2.75, 3.05) is 0 Å². The van der Waals surface area contributed by atoms with Crippen LogP contribution < -0.4 is 63.8 Å². The van der Waals surface area contributed by atoms with E-state index in [9.17, 15) is 0 Å². The molecule has 0 saturated carbocycles. The minimum atomic E-state index is -5.17. The quantitative estimate of drug-likeness (QED) is 0.218. The maximum Gasteiger partial charge on any atom is 2.00 e. The minimum absolute atomic E-state index is 0. The van der Waals surface area contributed by atoms with E-state index >= 15 is 0 Å². The summed E-state index contributed by atoms with van der Waals surface area (Å²) in [6.45, 7) is 0. The van der Waals surface area contributed by atoms with Gasteiger partial charge in [-0.15, -0.1) is 0 Å². The third-order valence-electron chi connectivity index (χ3n) is 0. The molecular weight excluding hydrogens is 195 g/mol. The summed E-state index contributed by atoms with van der Waals surface area (Å²) in [6.07, 6.45) is 0. The first-order valence-corrected chi connectivity index (χ1v) is 2.00. The molecule has 0 saturated heterocycles. The predicted octanol–water partition coefficient (Wildman–Crippen LogP) is -7.71. The molecule has 0 spiro atoms. The first-order chi connectivity index (χ1) is 2.00. The van der Waals surface area contributed by atoms with E-state index in [1.54, 1.807) is 0 Å². The Kier molecular flexibility index (Phi) is 26.8. The number of hydrogen-bond acceptors (Lipinski definition) is 4. The van der Waals surface area contributed by atoms with E-state index in [0.717, 1.165) is 0 Å². The Hall–Kier alpha value is 2.56. The van der Waals surface area contributed by atoms with E-state index in [1.807, 2.05) is 0 Å². The molecule has 0 rings (SSSR count). The van der Waals surface area contributed by atoms with Crippen LogP contribution >= 0.6 is 0 Å². The molecule has 0 aliphatic rings. The van der Waals surface area contributed by atoms with Crippen molar-refractivity contribution in [3.05, 3.63) is 0 Å². The van der Waals surface area contributed by atoms with E-state index in [2.05, 4.69) is 0 Å². The Labute approximate surface area is 112 Å². The Bertz CT molecular complexity index is 99.2. The number of rotatable bonds is 0. The molecule has 0 aromatic carbocycles. The van der Waals surface area contributed by atoms with Gasteiger partial charge in [-0.3, -0.25) is 8.42 Å². The molecule has 4 nitrogen and oxygen atoms in total.